The van der Waals surface area contributed by atoms with E-state index in [1.165, 1.54) is 0 Å². The summed E-state index contributed by atoms with van der Waals surface area (Å²) in [6, 6.07) is 7.27. The van der Waals surface area contributed by atoms with E-state index < -0.39 is 12.3 Å². The number of fused-ring (bicyclic) bond motifs is 1. The lowest BCUT2D eigenvalue weighted by Gasteiger charge is -2.15. The number of hydrogen-bond acceptors (Lipinski definition) is 6. The van der Waals surface area contributed by atoms with Gasteiger partial charge in [-0.2, -0.15) is 0 Å². The summed E-state index contributed by atoms with van der Waals surface area (Å²) in [4.78, 5) is 24.0. The summed E-state index contributed by atoms with van der Waals surface area (Å²) in [5.74, 6) is 0.757. The zero-order chi connectivity index (χ0) is 20.5. The SMILES string of the molecule is CCCCOC(=O)Oc1cc(C)c(OC(=O)OCCCC)c2cc(C)ccc12. The topological polar surface area (TPSA) is 71.1 Å². The molecular weight excluding hydrogens is 360 g/mol. The molecule has 2 rings (SSSR count). The molecule has 0 radical (unpaired) electrons. The van der Waals surface area contributed by atoms with Gasteiger partial charge in [-0.05, 0) is 44.4 Å². The van der Waals surface area contributed by atoms with Gasteiger partial charge in [0.15, 0.2) is 0 Å². The second kappa shape index (κ2) is 10.5. The van der Waals surface area contributed by atoms with Crippen molar-refractivity contribution in [2.75, 3.05) is 13.2 Å². The average molecular weight is 388 g/mol. The molecule has 0 N–H and O–H groups in total. The maximum absolute atomic E-state index is 12.0. The van der Waals surface area contributed by atoms with Crippen LogP contribution in [0, 0.1) is 13.8 Å². The van der Waals surface area contributed by atoms with Gasteiger partial charge < -0.3 is 18.9 Å². The number of carbonyl (C=O) groups is 2. The summed E-state index contributed by atoms with van der Waals surface area (Å²) in [7, 11) is 0. The maximum Gasteiger partial charge on any atom is 0.513 e. The van der Waals surface area contributed by atoms with Crippen LogP contribution in [0.4, 0.5) is 9.59 Å². The number of aryl methyl sites for hydroxylation is 2. The summed E-state index contributed by atoms with van der Waals surface area (Å²) in [6.07, 6.45) is 1.92. The number of rotatable bonds is 8. The monoisotopic (exact) mass is 388 g/mol. The van der Waals surface area contributed by atoms with Crippen molar-refractivity contribution < 1.29 is 28.5 Å². The molecule has 0 heterocycles. The van der Waals surface area contributed by atoms with Crippen molar-refractivity contribution in [2.45, 2.75) is 53.4 Å². The first kappa shape index (κ1) is 21.5. The van der Waals surface area contributed by atoms with Crippen molar-refractivity contribution in [2.24, 2.45) is 0 Å². The molecule has 0 aliphatic rings. The van der Waals surface area contributed by atoms with Gasteiger partial charge in [0.25, 0.3) is 0 Å². The number of benzene rings is 2. The molecule has 0 fully saturated rings. The number of unbranched alkanes of at least 4 members (excludes halogenated alkanes) is 2. The van der Waals surface area contributed by atoms with Gasteiger partial charge in [0.2, 0.25) is 0 Å². The summed E-state index contributed by atoms with van der Waals surface area (Å²) in [6.45, 7) is 8.38. The van der Waals surface area contributed by atoms with E-state index in [1.807, 2.05) is 39.0 Å². The molecule has 28 heavy (non-hydrogen) atoms. The molecule has 0 bridgehead atoms. The van der Waals surface area contributed by atoms with Crippen LogP contribution in [-0.4, -0.2) is 25.5 Å². The first-order chi connectivity index (χ1) is 13.5. The summed E-state index contributed by atoms with van der Waals surface area (Å²) in [5, 5.41) is 1.32. The van der Waals surface area contributed by atoms with Crippen LogP contribution in [0.25, 0.3) is 10.8 Å². The zero-order valence-corrected chi connectivity index (χ0v) is 17.0. The van der Waals surface area contributed by atoms with Gasteiger partial charge in [0.05, 0.1) is 13.2 Å². The molecule has 0 aliphatic heterocycles. The minimum atomic E-state index is -0.748. The Morgan fingerprint density at radius 3 is 2.04 bits per heavy atom. The standard InChI is InChI=1S/C22H28O6/c1-5-7-11-25-21(23)27-19-14-16(4)20(28-22(24)26-12-8-6-2)18-13-15(3)9-10-17(18)19/h9-10,13-14H,5-8,11-12H2,1-4H3. The van der Waals surface area contributed by atoms with Gasteiger partial charge >= 0.3 is 12.3 Å². The Morgan fingerprint density at radius 2 is 1.43 bits per heavy atom. The number of hydrogen-bond donors (Lipinski definition) is 0. The normalized spacial score (nSPS) is 10.6. The van der Waals surface area contributed by atoms with Crippen molar-refractivity contribution in [3.8, 4) is 11.5 Å². The molecule has 0 aliphatic carbocycles. The van der Waals surface area contributed by atoms with Gasteiger partial charge in [-0.25, -0.2) is 9.59 Å². The van der Waals surface area contributed by atoms with Gasteiger partial charge in [-0.1, -0.05) is 44.4 Å². The Balaban J connectivity index is 2.29. The molecule has 0 atom stereocenters. The first-order valence-electron chi connectivity index (χ1n) is 9.69. The molecule has 6 heteroatoms. The molecule has 2 aromatic carbocycles. The van der Waals surface area contributed by atoms with Gasteiger partial charge in [-0.15, -0.1) is 0 Å². The fourth-order valence-electron chi connectivity index (χ4n) is 2.66. The van der Waals surface area contributed by atoms with Crippen molar-refractivity contribution >= 4 is 23.1 Å². The maximum atomic E-state index is 12.0. The predicted octanol–water partition coefficient (Wildman–Crippen LogP) is 6.09. The lowest BCUT2D eigenvalue weighted by Crippen LogP contribution is -2.14. The largest absolute Gasteiger partial charge is 0.513 e. The van der Waals surface area contributed by atoms with Crippen LogP contribution in [0.15, 0.2) is 24.3 Å². The Hall–Kier alpha value is -2.76. The molecule has 0 unspecified atom stereocenters. The summed E-state index contributed by atoms with van der Waals surface area (Å²) in [5.41, 5.74) is 1.64. The third kappa shape index (κ3) is 5.87. The van der Waals surface area contributed by atoms with Crippen LogP contribution in [0.3, 0.4) is 0 Å². The molecule has 0 saturated heterocycles. The van der Waals surface area contributed by atoms with Crippen molar-refractivity contribution in [3.63, 3.8) is 0 Å². The lowest BCUT2D eigenvalue weighted by molar-refractivity contribution is 0.0961. The molecule has 0 amide bonds. The van der Waals surface area contributed by atoms with E-state index in [2.05, 4.69) is 0 Å². The molecule has 6 nitrogen and oxygen atoms in total. The molecule has 0 spiro atoms. The quantitative estimate of drug-likeness (QED) is 0.310. The van der Waals surface area contributed by atoms with Crippen molar-refractivity contribution in [3.05, 3.63) is 35.4 Å². The lowest BCUT2D eigenvalue weighted by atomic mass is 10.0. The smallest absolute Gasteiger partial charge is 0.434 e. The van der Waals surface area contributed by atoms with E-state index in [4.69, 9.17) is 18.9 Å². The zero-order valence-electron chi connectivity index (χ0n) is 17.0. The fourth-order valence-corrected chi connectivity index (χ4v) is 2.66. The Morgan fingerprint density at radius 1 is 0.821 bits per heavy atom. The summed E-state index contributed by atoms with van der Waals surface area (Å²) >= 11 is 0. The van der Waals surface area contributed by atoms with Crippen LogP contribution in [0.5, 0.6) is 11.5 Å². The summed E-state index contributed by atoms with van der Waals surface area (Å²) < 4.78 is 21.1. The second-order valence-electron chi connectivity index (χ2n) is 6.68. The second-order valence-corrected chi connectivity index (χ2v) is 6.68. The third-order valence-corrected chi connectivity index (χ3v) is 4.21. The van der Waals surface area contributed by atoms with Crippen LogP contribution in [0.1, 0.15) is 50.7 Å². The van der Waals surface area contributed by atoms with Crippen LogP contribution < -0.4 is 9.47 Å². The minimum absolute atomic E-state index is 0.316. The van der Waals surface area contributed by atoms with Gasteiger partial charge in [0.1, 0.15) is 11.5 Å². The van der Waals surface area contributed by atoms with E-state index in [1.54, 1.807) is 13.0 Å². The van der Waals surface area contributed by atoms with E-state index >= 15 is 0 Å². The van der Waals surface area contributed by atoms with E-state index in [0.717, 1.165) is 31.2 Å². The minimum Gasteiger partial charge on any atom is -0.434 e. The molecule has 0 saturated carbocycles. The molecular formula is C22H28O6. The Bertz CT molecular complexity index is 827. The Kier molecular flexibility index (Phi) is 8.11. The van der Waals surface area contributed by atoms with Crippen LogP contribution in [0.2, 0.25) is 0 Å². The highest BCUT2D eigenvalue weighted by Gasteiger charge is 2.18. The molecule has 2 aromatic rings. The highest BCUT2D eigenvalue weighted by atomic mass is 16.7. The number of carbonyl (C=O) groups excluding carboxylic acids is 2. The van der Waals surface area contributed by atoms with Crippen LogP contribution >= 0.6 is 0 Å². The predicted molar refractivity (Wildman–Crippen MR) is 107 cm³/mol. The Labute approximate surface area is 165 Å². The third-order valence-electron chi connectivity index (χ3n) is 4.21. The highest BCUT2D eigenvalue weighted by molar-refractivity contribution is 5.97. The average Bonchev–Trinajstić information content (AvgIpc) is 2.65. The van der Waals surface area contributed by atoms with Crippen molar-refractivity contribution in [1.29, 1.82) is 0 Å². The number of ether oxygens (including phenoxy) is 4. The molecule has 152 valence electrons. The molecule has 0 aromatic heterocycles. The van der Waals surface area contributed by atoms with E-state index in [9.17, 15) is 9.59 Å². The van der Waals surface area contributed by atoms with Gasteiger partial charge in [-0.3, -0.25) is 0 Å². The van der Waals surface area contributed by atoms with Crippen molar-refractivity contribution in [1.82, 2.24) is 0 Å². The van der Waals surface area contributed by atoms with Crippen LogP contribution in [-0.2, 0) is 9.47 Å². The van der Waals surface area contributed by atoms with E-state index in [0.29, 0.717) is 41.0 Å². The highest BCUT2D eigenvalue weighted by Crippen LogP contribution is 2.37. The fraction of sp³-hybridized carbons (Fsp3) is 0.455. The first-order valence-corrected chi connectivity index (χ1v) is 9.69. The van der Waals surface area contributed by atoms with Gasteiger partial charge in [0, 0.05) is 10.8 Å². The van der Waals surface area contributed by atoms with E-state index in [-0.39, 0.29) is 0 Å².